The van der Waals surface area contributed by atoms with Crippen LogP contribution < -0.4 is 0 Å². The van der Waals surface area contributed by atoms with Crippen molar-refractivity contribution in [3.05, 3.63) is 124 Å². The zero-order chi connectivity index (χ0) is 17.8. The van der Waals surface area contributed by atoms with Crippen LogP contribution in [0.4, 0.5) is 0 Å². The van der Waals surface area contributed by atoms with Crippen LogP contribution in [0.2, 0.25) is 0 Å². The lowest BCUT2D eigenvalue weighted by Gasteiger charge is -2.36. The van der Waals surface area contributed by atoms with E-state index < -0.39 is 5.60 Å². The van der Waals surface area contributed by atoms with Gasteiger partial charge in [-0.2, -0.15) is 0 Å². The first-order valence-corrected chi connectivity index (χ1v) is 9.46. The second-order valence-electron chi connectivity index (χ2n) is 6.21. The quantitative estimate of drug-likeness (QED) is 0.532. The van der Waals surface area contributed by atoms with Gasteiger partial charge in [0.25, 0.3) is 0 Å². The van der Waals surface area contributed by atoms with Crippen molar-refractivity contribution in [3.8, 4) is 0 Å². The van der Waals surface area contributed by atoms with Crippen LogP contribution in [0.15, 0.2) is 103 Å². The van der Waals surface area contributed by atoms with Gasteiger partial charge in [-0.25, -0.2) is 0 Å². The van der Waals surface area contributed by atoms with Crippen molar-refractivity contribution in [2.24, 2.45) is 0 Å². The Labute approximate surface area is 157 Å². The molecule has 2 aromatic heterocycles. The number of hydrogen-bond donors (Lipinski definition) is 1. The third-order valence-corrected chi connectivity index (χ3v) is 5.64. The van der Waals surface area contributed by atoms with E-state index >= 15 is 0 Å². The number of aliphatic hydroxyl groups is 1. The van der Waals surface area contributed by atoms with Crippen LogP contribution in [0.5, 0.6) is 0 Å². The van der Waals surface area contributed by atoms with Gasteiger partial charge in [-0.15, -0.1) is 11.3 Å². The van der Waals surface area contributed by atoms with Crippen molar-refractivity contribution in [1.29, 1.82) is 0 Å². The molecule has 0 amide bonds. The number of nitrogens with zero attached hydrogens (tertiary/aromatic N) is 1. The smallest absolute Gasteiger partial charge is 0.136 e. The fraction of sp³-hybridized carbons (Fsp3) is 0.0870. The summed E-state index contributed by atoms with van der Waals surface area (Å²) in [6.07, 6.45) is 1.78. The molecular weight excluding hydrogens is 338 g/mol. The minimum absolute atomic E-state index is 0.314. The second-order valence-corrected chi connectivity index (χ2v) is 7.16. The number of benzene rings is 2. The summed E-state index contributed by atoms with van der Waals surface area (Å²) in [5, 5.41) is 14.2. The Bertz CT molecular complexity index is 900. The summed E-state index contributed by atoms with van der Waals surface area (Å²) < 4.78 is 0. The molecular formula is C23H19NOS. The van der Waals surface area contributed by atoms with E-state index in [9.17, 15) is 5.11 Å². The lowest BCUT2D eigenvalue weighted by atomic mass is 9.74. The molecule has 0 aliphatic rings. The summed E-state index contributed by atoms with van der Waals surface area (Å²) in [4.78, 5) is 5.51. The van der Waals surface area contributed by atoms with Crippen molar-refractivity contribution < 1.29 is 5.11 Å². The summed E-state index contributed by atoms with van der Waals surface area (Å²) in [5.74, 6) is -0.314. The Balaban J connectivity index is 1.99. The highest BCUT2D eigenvalue weighted by molar-refractivity contribution is 7.10. The van der Waals surface area contributed by atoms with Crippen molar-refractivity contribution in [3.63, 3.8) is 0 Å². The largest absolute Gasteiger partial charge is 0.378 e. The molecule has 26 heavy (non-hydrogen) atoms. The first-order chi connectivity index (χ1) is 12.8. The van der Waals surface area contributed by atoms with Gasteiger partial charge in [-0.3, -0.25) is 4.98 Å². The summed E-state index contributed by atoms with van der Waals surface area (Å²) in [6.45, 7) is 0. The topological polar surface area (TPSA) is 33.1 Å². The third-order valence-electron chi connectivity index (χ3n) is 4.64. The van der Waals surface area contributed by atoms with E-state index in [-0.39, 0.29) is 5.92 Å². The maximum absolute atomic E-state index is 12.2. The normalized spacial score (nSPS) is 14.5. The lowest BCUT2D eigenvalue weighted by Crippen LogP contribution is -2.35. The second kappa shape index (κ2) is 7.24. The first-order valence-electron chi connectivity index (χ1n) is 8.58. The van der Waals surface area contributed by atoms with E-state index in [0.717, 1.165) is 21.7 Å². The highest BCUT2D eigenvalue weighted by Gasteiger charge is 2.43. The van der Waals surface area contributed by atoms with Crippen molar-refractivity contribution in [2.75, 3.05) is 0 Å². The van der Waals surface area contributed by atoms with Gasteiger partial charge in [0.1, 0.15) is 5.60 Å². The molecule has 1 N–H and O–H groups in total. The number of aromatic nitrogens is 1. The highest BCUT2D eigenvalue weighted by atomic mass is 32.1. The summed E-state index contributed by atoms with van der Waals surface area (Å²) in [7, 11) is 0. The molecule has 2 atom stereocenters. The van der Waals surface area contributed by atoms with Crippen LogP contribution in [-0.4, -0.2) is 10.1 Å². The fourth-order valence-electron chi connectivity index (χ4n) is 3.46. The molecule has 128 valence electrons. The van der Waals surface area contributed by atoms with Crippen LogP contribution in [0.3, 0.4) is 0 Å². The summed E-state index contributed by atoms with van der Waals surface area (Å²) >= 11 is 1.56. The molecule has 4 rings (SSSR count). The number of thiophene rings is 1. The molecule has 0 unspecified atom stereocenters. The molecule has 2 heterocycles. The average Bonchev–Trinajstić information content (AvgIpc) is 3.26. The van der Waals surface area contributed by atoms with E-state index in [1.54, 1.807) is 17.5 Å². The van der Waals surface area contributed by atoms with E-state index in [2.05, 4.69) is 17.1 Å². The van der Waals surface area contributed by atoms with E-state index in [4.69, 9.17) is 0 Å². The minimum atomic E-state index is -1.20. The standard InChI is InChI=1S/C23H19NOS/c25-23(21-15-9-17-26-21,19-12-5-2-6-13-19)22(18-10-3-1-4-11-18)20-14-7-8-16-24-20/h1-17,22,25H/t22-,23+/m0/s1. The molecule has 0 bridgehead atoms. The van der Waals surface area contributed by atoms with E-state index in [0.29, 0.717) is 0 Å². The Hall–Kier alpha value is -2.75. The van der Waals surface area contributed by atoms with Crippen molar-refractivity contribution in [2.45, 2.75) is 11.5 Å². The molecule has 0 aliphatic heterocycles. The van der Waals surface area contributed by atoms with Gasteiger partial charge in [0.2, 0.25) is 0 Å². The maximum Gasteiger partial charge on any atom is 0.136 e. The van der Waals surface area contributed by atoms with Crippen LogP contribution in [0.1, 0.15) is 27.6 Å². The van der Waals surface area contributed by atoms with Crippen LogP contribution in [-0.2, 0) is 5.60 Å². The first kappa shape index (κ1) is 16.7. The molecule has 4 aromatic rings. The van der Waals surface area contributed by atoms with Gasteiger partial charge in [0.15, 0.2) is 0 Å². The van der Waals surface area contributed by atoms with E-state index in [1.165, 1.54) is 0 Å². The zero-order valence-corrected chi connectivity index (χ0v) is 15.0. The molecule has 0 fully saturated rings. The Morgan fingerprint density at radius 3 is 2.08 bits per heavy atom. The van der Waals surface area contributed by atoms with Crippen molar-refractivity contribution in [1.82, 2.24) is 4.98 Å². The molecule has 0 aliphatic carbocycles. The monoisotopic (exact) mass is 357 g/mol. The molecule has 3 heteroatoms. The zero-order valence-electron chi connectivity index (χ0n) is 14.2. The SMILES string of the molecule is O[C@](c1ccccc1)(c1cccs1)[C@@H](c1ccccc1)c1ccccn1. The van der Waals surface area contributed by atoms with Gasteiger partial charge in [-0.1, -0.05) is 72.8 Å². The van der Waals surface area contributed by atoms with Gasteiger partial charge < -0.3 is 5.11 Å². The van der Waals surface area contributed by atoms with Gasteiger partial charge in [0, 0.05) is 11.1 Å². The predicted molar refractivity (Wildman–Crippen MR) is 106 cm³/mol. The Morgan fingerprint density at radius 1 is 0.769 bits per heavy atom. The van der Waals surface area contributed by atoms with Gasteiger partial charge >= 0.3 is 0 Å². The molecule has 0 saturated heterocycles. The third kappa shape index (κ3) is 2.96. The lowest BCUT2D eigenvalue weighted by molar-refractivity contribution is 0.0650. The number of hydrogen-bond acceptors (Lipinski definition) is 3. The predicted octanol–water partition coefficient (Wildman–Crippen LogP) is 5.21. The Morgan fingerprint density at radius 2 is 1.46 bits per heavy atom. The highest BCUT2D eigenvalue weighted by Crippen LogP contribution is 2.47. The fourth-order valence-corrected chi connectivity index (χ4v) is 4.33. The van der Waals surface area contributed by atoms with Gasteiger partial charge in [-0.05, 0) is 34.7 Å². The number of pyridine rings is 1. The van der Waals surface area contributed by atoms with Crippen molar-refractivity contribution >= 4 is 11.3 Å². The molecule has 2 aromatic carbocycles. The number of rotatable bonds is 5. The van der Waals surface area contributed by atoms with Gasteiger partial charge in [0.05, 0.1) is 11.6 Å². The molecule has 2 nitrogen and oxygen atoms in total. The van der Waals surface area contributed by atoms with Crippen LogP contribution in [0.25, 0.3) is 0 Å². The molecule has 0 radical (unpaired) electrons. The average molecular weight is 357 g/mol. The minimum Gasteiger partial charge on any atom is -0.378 e. The van der Waals surface area contributed by atoms with Crippen LogP contribution >= 0.6 is 11.3 Å². The Kier molecular flexibility index (Phi) is 4.65. The van der Waals surface area contributed by atoms with E-state index in [1.807, 2.05) is 84.2 Å². The maximum atomic E-state index is 12.2. The van der Waals surface area contributed by atoms with Crippen LogP contribution in [0, 0.1) is 0 Å². The summed E-state index contributed by atoms with van der Waals surface area (Å²) in [6, 6.07) is 29.8. The molecule has 0 saturated carbocycles. The molecule has 0 spiro atoms. The summed E-state index contributed by atoms with van der Waals surface area (Å²) in [5.41, 5.74) is 1.54.